The Morgan fingerprint density at radius 3 is 2.93 bits per heavy atom. The van der Waals surface area contributed by atoms with Crippen LogP contribution in [0.25, 0.3) is 0 Å². The molecular weight excluding hydrogens is 190 g/mol. The molecule has 1 aromatic heterocycles. The van der Waals surface area contributed by atoms with Gasteiger partial charge in [-0.3, -0.25) is 4.68 Å². The highest BCUT2D eigenvalue weighted by molar-refractivity contribution is 5.08. The molecule has 4 heteroatoms. The lowest BCUT2D eigenvalue weighted by molar-refractivity contribution is 0.268. The molecule has 86 valence electrons. The first-order valence-electron chi connectivity index (χ1n) is 5.55. The van der Waals surface area contributed by atoms with Crippen molar-refractivity contribution >= 4 is 0 Å². The van der Waals surface area contributed by atoms with Crippen LogP contribution in [0.2, 0.25) is 0 Å². The van der Waals surface area contributed by atoms with E-state index in [2.05, 4.69) is 30.3 Å². The second-order valence-electron chi connectivity index (χ2n) is 3.89. The quantitative estimate of drug-likeness (QED) is 0.740. The Kier molecular flexibility index (Phi) is 4.78. The molecule has 15 heavy (non-hydrogen) atoms. The first kappa shape index (κ1) is 12.2. The van der Waals surface area contributed by atoms with Crippen molar-refractivity contribution in [2.45, 2.75) is 46.3 Å². The molecule has 0 aromatic carbocycles. The summed E-state index contributed by atoms with van der Waals surface area (Å²) in [6.07, 6.45) is 0.791. The van der Waals surface area contributed by atoms with Gasteiger partial charge < -0.3 is 10.4 Å². The predicted octanol–water partition coefficient (Wildman–Crippen LogP) is 1.07. The van der Waals surface area contributed by atoms with Gasteiger partial charge in [-0.2, -0.15) is 5.10 Å². The van der Waals surface area contributed by atoms with E-state index in [4.69, 9.17) is 5.11 Å². The van der Waals surface area contributed by atoms with Gasteiger partial charge in [-0.15, -0.1) is 0 Å². The van der Waals surface area contributed by atoms with Gasteiger partial charge in [0.25, 0.3) is 0 Å². The third kappa shape index (κ3) is 3.64. The zero-order valence-corrected chi connectivity index (χ0v) is 9.82. The maximum Gasteiger partial charge on any atom is 0.0597 e. The molecule has 1 atom stereocenters. The highest BCUT2D eigenvalue weighted by atomic mass is 16.3. The minimum atomic E-state index is 0.236. The minimum absolute atomic E-state index is 0.236. The smallest absolute Gasteiger partial charge is 0.0597 e. The average molecular weight is 211 g/mol. The van der Waals surface area contributed by atoms with Crippen molar-refractivity contribution < 1.29 is 5.11 Å². The summed E-state index contributed by atoms with van der Waals surface area (Å²) >= 11 is 0. The summed E-state index contributed by atoms with van der Waals surface area (Å²) in [5.74, 6) is 0. The second-order valence-corrected chi connectivity index (χ2v) is 3.89. The van der Waals surface area contributed by atoms with Crippen LogP contribution in [0.1, 0.15) is 31.7 Å². The lowest BCUT2D eigenvalue weighted by Gasteiger charge is -2.12. The fraction of sp³-hybridized carbons (Fsp3) is 0.727. The summed E-state index contributed by atoms with van der Waals surface area (Å²) < 4.78 is 2.01. The summed E-state index contributed by atoms with van der Waals surface area (Å²) in [7, 11) is 0. The van der Waals surface area contributed by atoms with Crippen LogP contribution in [0.15, 0.2) is 6.07 Å². The van der Waals surface area contributed by atoms with E-state index < -0.39 is 0 Å². The van der Waals surface area contributed by atoms with Gasteiger partial charge in [0.15, 0.2) is 0 Å². The van der Waals surface area contributed by atoms with E-state index in [-0.39, 0.29) is 6.61 Å². The van der Waals surface area contributed by atoms with Crippen molar-refractivity contribution in [3.05, 3.63) is 17.5 Å². The summed E-state index contributed by atoms with van der Waals surface area (Å²) in [6, 6.07) is 2.44. The number of aliphatic hydroxyl groups is 1. The SMILES string of the molecule is CCn1nc(C)cc1CNC(C)CCO. The molecule has 0 saturated carbocycles. The monoisotopic (exact) mass is 211 g/mol. The molecule has 2 N–H and O–H groups in total. The van der Waals surface area contributed by atoms with Gasteiger partial charge in [-0.1, -0.05) is 0 Å². The van der Waals surface area contributed by atoms with E-state index >= 15 is 0 Å². The normalized spacial score (nSPS) is 13.1. The third-order valence-corrected chi connectivity index (χ3v) is 2.48. The molecule has 0 aliphatic carbocycles. The zero-order valence-electron chi connectivity index (χ0n) is 9.82. The summed E-state index contributed by atoms with van der Waals surface area (Å²) in [6.45, 7) is 8.13. The Labute approximate surface area is 91.3 Å². The van der Waals surface area contributed by atoms with E-state index in [1.165, 1.54) is 5.69 Å². The highest BCUT2D eigenvalue weighted by Gasteiger charge is 2.05. The Hall–Kier alpha value is -0.870. The van der Waals surface area contributed by atoms with E-state index in [0.29, 0.717) is 6.04 Å². The molecule has 0 bridgehead atoms. The van der Waals surface area contributed by atoms with Crippen LogP contribution in [0.4, 0.5) is 0 Å². The largest absolute Gasteiger partial charge is 0.396 e. The van der Waals surface area contributed by atoms with E-state index in [1.54, 1.807) is 0 Å². The summed E-state index contributed by atoms with van der Waals surface area (Å²) in [5.41, 5.74) is 2.27. The van der Waals surface area contributed by atoms with Crippen LogP contribution in [0.3, 0.4) is 0 Å². The van der Waals surface area contributed by atoms with E-state index in [0.717, 1.165) is 25.2 Å². The van der Waals surface area contributed by atoms with Crippen LogP contribution >= 0.6 is 0 Å². The number of aromatic nitrogens is 2. The highest BCUT2D eigenvalue weighted by Crippen LogP contribution is 2.04. The number of rotatable bonds is 6. The average Bonchev–Trinajstić information content (AvgIpc) is 2.56. The van der Waals surface area contributed by atoms with Crippen LogP contribution in [-0.4, -0.2) is 27.5 Å². The van der Waals surface area contributed by atoms with E-state index in [9.17, 15) is 0 Å². The van der Waals surface area contributed by atoms with Crippen molar-refractivity contribution in [1.82, 2.24) is 15.1 Å². The van der Waals surface area contributed by atoms with Gasteiger partial charge in [0.05, 0.1) is 11.4 Å². The maximum absolute atomic E-state index is 8.78. The Balaban J connectivity index is 2.49. The number of aliphatic hydroxyl groups excluding tert-OH is 1. The van der Waals surface area contributed by atoms with Crippen LogP contribution in [0.5, 0.6) is 0 Å². The molecule has 0 aliphatic rings. The molecule has 0 aliphatic heterocycles. The number of hydrogen-bond acceptors (Lipinski definition) is 3. The Morgan fingerprint density at radius 2 is 2.33 bits per heavy atom. The molecule has 1 heterocycles. The lowest BCUT2D eigenvalue weighted by atomic mass is 10.2. The van der Waals surface area contributed by atoms with Crippen molar-refractivity contribution in [3.8, 4) is 0 Å². The van der Waals surface area contributed by atoms with Gasteiger partial charge in [0, 0.05) is 25.7 Å². The third-order valence-electron chi connectivity index (χ3n) is 2.48. The Morgan fingerprint density at radius 1 is 1.60 bits per heavy atom. The van der Waals surface area contributed by atoms with Crippen LogP contribution in [0, 0.1) is 6.92 Å². The van der Waals surface area contributed by atoms with Crippen molar-refractivity contribution in [2.24, 2.45) is 0 Å². The number of hydrogen-bond donors (Lipinski definition) is 2. The van der Waals surface area contributed by atoms with E-state index in [1.807, 2.05) is 11.6 Å². The molecule has 4 nitrogen and oxygen atoms in total. The number of aryl methyl sites for hydroxylation is 2. The first-order chi connectivity index (χ1) is 7.17. The van der Waals surface area contributed by atoms with Gasteiger partial charge in [-0.05, 0) is 33.3 Å². The molecule has 0 fully saturated rings. The Bertz CT molecular complexity index is 296. The minimum Gasteiger partial charge on any atom is -0.396 e. The van der Waals surface area contributed by atoms with Crippen molar-refractivity contribution in [3.63, 3.8) is 0 Å². The van der Waals surface area contributed by atoms with Gasteiger partial charge >= 0.3 is 0 Å². The number of nitrogens with zero attached hydrogens (tertiary/aromatic N) is 2. The van der Waals surface area contributed by atoms with Crippen molar-refractivity contribution in [2.75, 3.05) is 6.61 Å². The lowest BCUT2D eigenvalue weighted by Crippen LogP contribution is -2.27. The van der Waals surface area contributed by atoms with Gasteiger partial charge in [0.2, 0.25) is 0 Å². The molecule has 0 radical (unpaired) electrons. The first-order valence-corrected chi connectivity index (χ1v) is 5.55. The van der Waals surface area contributed by atoms with Crippen molar-refractivity contribution in [1.29, 1.82) is 0 Å². The van der Waals surface area contributed by atoms with Gasteiger partial charge in [-0.25, -0.2) is 0 Å². The van der Waals surface area contributed by atoms with Crippen LogP contribution in [-0.2, 0) is 13.1 Å². The second kappa shape index (κ2) is 5.88. The molecule has 0 amide bonds. The molecule has 0 spiro atoms. The summed E-state index contributed by atoms with van der Waals surface area (Å²) in [4.78, 5) is 0. The number of nitrogens with one attached hydrogen (secondary N) is 1. The molecule has 1 aromatic rings. The molecule has 1 unspecified atom stereocenters. The zero-order chi connectivity index (χ0) is 11.3. The molecule has 1 rings (SSSR count). The van der Waals surface area contributed by atoms with Gasteiger partial charge in [0.1, 0.15) is 0 Å². The fourth-order valence-electron chi connectivity index (χ4n) is 1.59. The molecule has 0 saturated heterocycles. The topological polar surface area (TPSA) is 50.1 Å². The predicted molar refractivity (Wildman–Crippen MR) is 60.6 cm³/mol. The standard InChI is InChI=1S/C11H21N3O/c1-4-14-11(7-10(3)13-14)8-12-9(2)5-6-15/h7,9,12,15H,4-6,8H2,1-3H3. The maximum atomic E-state index is 8.78. The fourth-order valence-corrected chi connectivity index (χ4v) is 1.59. The molecular formula is C11H21N3O. The summed E-state index contributed by atoms with van der Waals surface area (Å²) in [5, 5.41) is 16.5. The van der Waals surface area contributed by atoms with Crippen LogP contribution < -0.4 is 5.32 Å².